The number of carboxylic acid groups (broad SMARTS) is 1. The van der Waals surface area contributed by atoms with Crippen LogP contribution >= 0.6 is 11.3 Å². The molecular formula is C22H30NO5S-. The van der Waals surface area contributed by atoms with E-state index in [0.29, 0.717) is 29.3 Å². The molecule has 0 bridgehead atoms. The van der Waals surface area contributed by atoms with Crippen LogP contribution in [0.5, 0.6) is 0 Å². The molecule has 29 heavy (non-hydrogen) atoms. The second kappa shape index (κ2) is 8.46. The van der Waals surface area contributed by atoms with Crippen LogP contribution in [0.25, 0.3) is 0 Å². The minimum Gasteiger partial charge on any atom is -0.550 e. The first-order chi connectivity index (χ1) is 13.6. The van der Waals surface area contributed by atoms with Gasteiger partial charge in [-0.25, -0.2) is 4.79 Å². The lowest BCUT2D eigenvalue weighted by Gasteiger charge is -2.33. The zero-order chi connectivity index (χ0) is 21.3. The molecule has 1 aromatic heterocycles. The normalized spacial score (nSPS) is 24.5. The van der Waals surface area contributed by atoms with Crippen molar-refractivity contribution in [3.63, 3.8) is 0 Å². The summed E-state index contributed by atoms with van der Waals surface area (Å²) in [7, 11) is 1.34. The Morgan fingerprint density at radius 1 is 1.10 bits per heavy atom. The molecule has 0 saturated heterocycles. The van der Waals surface area contributed by atoms with Gasteiger partial charge in [-0.05, 0) is 49.0 Å². The molecule has 160 valence electrons. The smallest absolute Gasteiger partial charge is 0.341 e. The summed E-state index contributed by atoms with van der Waals surface area (Å²) in [5.41, 5.74) is 1.58. The predicted molar refractivity (Wildman–Crippen MR) is 110 cm³/mol. The quantitative estimate of drug-likeness (QED) is 0.755. The average Bonchev–Trinajstić information content (AvgIpc) is 3.03. The summed E-state index contributed by atoms with van der Waals surface area (Å²) in [6.07, 6.45) is 5.22. The van der Waals surface area contributed by atoms with Crippen molar-refractivity contribution in [1.29, 1.82) is 0 Å². The van der Waals surface area contributed by atoms with Gasteiger partial charge in [0, 0.05) is 22.7 Å². The Kier molecular flexibility index (Phi) is 6.36. The van der Waals surface area contributed by atoms with Crippen LogP contribution in [-0.4, -0.2) is 25.0 Å². The standard InChI is InChI=1S/C22H31NO5S/c1-22(2,3)12-9-10-15-16(11-12)29-19(17(15)21(27)28-4)23-18(24)13-7-5-6-8-14(13)20(25)26/h12-14H,5-11H2,1-4H3,(H,23,24)(H,25,26)/p-1/t12-,13+,14+/m1/s1. The molecule has 0 aromatic carbocycles. The molecule has 1 fully saturated rings. The van der Waals surface area contributed by atoms with Crippen molar-refractivity contribution in [2.45, 2.75) is 65.7 Å². The third-order valence-electron chi connectivity index (χ3n) is 6.52. The minimum absolute atomic E-state index is 0.167. The minimum atomic E-state index is -1.17. The molecule has 3 atom stereocenters. The van der Waals surface area contributed by atoms with Gasteiger partial charge in [0.05, 0.1) is 12.7 Å². The first kappa shape index (κ1) is 21.8. The van der Waals surface area contributed by atoms with Crippen molar-refractivity contribution in [2.75, 3.05) is 12.4 Å². The van der Waals surface area contributed by atoms with Gasteiger partial charge in [0.15, 0.2) is 0 Å². The Balaban J connectivity index is 1.89. The molecule has 1 saturated carbocycles. The summed E-state index contributed by atoms with van der Waals surface area (Å²) < 4.78 is 4.99. The maximum absolute atomic E-state index is 12.9. The highest BCUT2D eigenvalue weighted by molar-refractivity contribution is 7.17. The molecule has 3 rings (SSSR count). The summed E-state index contributed by atoms with van der Waals surface area (Å²) in [6, 6.07) is 0. The van der Waals surface area contributed by atoms with E-state index in [0.717, 1.165) is 42.5 Å². The summed E-state index contributed by atoms with van der Waals surface area (Å²) in [6.45, 7) is 6.68. The molecule has 1 N–H and O–H groups in total. The van der Waals surface area contributed by atoms with E-state index >= 15 is 0 Å². The molecular weight excluding hydrogens is 390 g/mol. The first-order valence-corrected chi connectivity index (χ1v) is 11.2. The van der Waals surface area contributed by atoms with Crippen LogP contribution in [0.1, 0.15) is 73.7 Å². The van der Waals surface area contributed by atoms with Crippen LogP contribution in [0, 0.1) is 23.2 Å². The van der Waals surface area contributed by atoms with Crippen molar-refractivity contribution < 1.29 is 24.2 Å². The van der Waals surface area contributed by atoms with E-state index < -0.39 is 23.8 Å². The molecule has 1 heterocycles. The van der Waals surface area contributed by atoms with Gasteiger partial charge in [0.25, 0.3) is 0 Å². The fraction of sp³-hybridized carbons (Fsp3) is 0.682. The number of hydrogen-bond donors (Lipinski definition) is 1. The second-order valence-corrected chi connectivity index (χ2v) is 10.4. The maximum Gasteiger partial charge on any atom is 0.341 e. The number of rotatable bonds is 4. The molecule has 6 nitrogen and oxygen atoms in total. The number of amides is 1. The van der Waals surface area contributed by atoms with Crippen LogP contribution in [0.3, 0.4) is 0 Å². The van der Waals surface area contributed by atoms with E-state index in [4.69, 9.17) is 4.74 Å². The zero-order valence-electron chi connectivity index (χ0n) is 17.6. The van der Waals surface area contributed by atoms with Gasteiger partial charge in [-0.15, -0.1) is 11.3 Å². The summed E-state index contributed by atoms with van der Waals surface area (Å²) in [4.78, 5) is 38.0. The number of methoxy groups -OCH3 is 1. The van der Waals surface area contributed by atoms with Gasteiger partial charge in [-0.2, -0.15) is 0 Å². The number of anilines is 1. The number of fused-ring (bicyclic) bond motifs is 1. The van der Waals surface area contributed by atoms with Gasteiger partial charge in [-0.1, -0.05) is 33.6 Å². The molecule has 2 aliphatic carbocycles. The third-order valence-corrected chi connectivity index (χ3v) is 7.69. The largest absolute Gasteiger partial charge is 0.550 e. The van der Waals surface area contributed by atoms with Crippen molar-refractivity contribution in [3.8, 4) is 0 Å². The van der Waals surface area contributed by atoms with Gasteiger partial charge < -0.3 is 20.0 Å². The lowest BCUT2D eigenvalue weighted by atomic mass is 9.72. The second-order valence-electron chi connectivity index (χ2n) is 9.31. The number of esters is 1. The van der Waals surface area contributed by atoms with E-state index in [1.54, 1.807) is 0 Å². The number of hydrogen-bond acceptors (Lipinski definition) is 6. The highest BCUT2D eigenvalue weighted by atomic mass is 32.1. The van der Waals surface area contributed by atoms with Crippen molar-refractivity contribution in [2.24, 2.45) is 23.2 Å². The Morgan fingerprint density at radius 2 is 1.76 bits per heavy atom. The Morgan fingerprint density at radius 3 is 2.34 bits per heavy atom. The summed E-state index contributed by atoms with van der Waals surface area (Å²) in [5, 5.41) is 14.8. The zero-order valence-corrected chi connectivity index (χ0v) is 18.4. The topological polar surface area (TPSA) is 95.5 Å². The van der Waals surface area contributed by atoms with Crippen LogP contribution in [0.2, 0.25) is 0 Å². The summed E-state index contributed by atoms with van der Waals surface area (Å²) >= 11 is 1.43. The lowest BCUT2D eigenvalue weighted by Crippen LogP contribution is -2.42. The number of aliphatic carboxylic acids is 1. The Bertz CT molecular complexity index is 807. The number of ether oxygens (including phenoxy) is 1. The number of carboxylic acids is 1. The molecule has 0 aliphatic heterocycles. The van der Waals surface area contributed by atoms with Crippen molar-refractivity contribution in [3.05, 3.63) is 16.0 Å². The van der Waals surface area contributed by atoms with E-state index in [9.17, 15) is 19.5 Å². The molecule has 0 spiro atoms. The number of carbonyl (C=O) groups is 3. The molecule has 0 radical (unpaired) electrons. The third kappa shape index (κ3) is 4.49. The van der Waals surface area contributed by atoms with Gasteiger partial charge in [-0.3, -0.25) is 4.79 Å². The SMILES string of the molecule is COC(=O)c1c(NC(=O)[C@H]2CCCC[C@@H]2C(=O)[O-])sc2c1CC[C@@H](C(C)(C)C)C2. The van der Waals surface area contributed by atoms with E-state index in [1.807, 2.05) is 0 Å². The maximum atomic E-state index is 12.9. The molecule has 7 heteroatoms. The highest BCUT2D eigenvalue weighted by Gasteiger charge is 2.36. The van der Waals surface area contributed by atoms with Gasteiger partial charge in [0.2, 0.25) is 5.91 Å². The van der Waals surface area contributed by atoms with Gasteiger partial charge >= 0.3 is 5.97 Å². The summed E-state index contributed by atoms with van der Waals surface area (Å²) in [5.74, 6) is -2.85. The van der Waals surface area contributed by atoms with Crippen molar-refractivity contribution in [1.82, 2.24) is 0 Å². The van der Waals surface area contributed by atoms with Crippen LogP contribution < -0.4 is 10.4 Å². The molecule has 1 amide bonds. The van der Waals surface area contributed by atoms with Gasteiger partial charge in [0.1, 0.15) is 5.00 Å². The Labute approximate surface area is 176 Å². The molecule has 0 unspecified atom stereocenters. The van der Waals surface area contributed by atoms with E-state index in [1.165, 1.54) is 18.4 Å². The number of carbonyl (C=O) groups excluding carboxylic acids is 3. The highest BCUT2D eigenvalue weighted by Crippen LogP contribution is 2.45. The van der Waals surface area contributed by atoms with E-state index in [2.05, 4.69) is 26.1 Å². The fourth-order valence-electron chi connectivity index (χ4n) is 4.66. The lowest BCUT2D eigenvalue weighted by molar-refractivity contribution is -0.313. The monoisotopic (exact) mass is 420 g/mol. The Hall–Kier alpha value is -1.89. The fourth-order valence-corrected chi connectivity index (χ4v) is 5.98. The average molecular weight is 421 g/mol. The van der Waals surface area contributed by atoms with Crippen molar-refractivity contribution >= 4 is 34.2 Å². The first-order valence-electron chi connectivity index (χ1n) is 10.4. The number of thiophene rings is 1. The van der Waals surface area contributed by atoms with Crippen LogP contribution in [0.15, 0.2) is 0 Å². The molecule has 2 aliphatic rings. The van der Waals surface area contributed by atoms with Crippen LogP contribution in [0.4, 0.5) is 5.00 Å². The number of nitrogens with one attached hydrogen (secondary N) is 1. The van der Waals surface area contributed by atoms with Crippen LogP contribution in [-0.2, 0) is 27.2 Å². The predicted octanol–water partition coefficient (Wildman–Crippen LogP) is 3.18. The van der Waals surface area contributed by atoms with E-state index in [-0.39, 0.29) is 11.3 Å². The molecule has 1 aromatic rings.